The number of carbonyl (C=O) groups excluding carboxylic acids is 1. The Morgan fingerprint density at radius 2 is 2.00 bits per heavy atom. The topological polar surface area (TPSA) is 43.1 Å². The van der Waals surface area contributed by atoms with Crippen molar-refractivity contribution in [3.8, 4) is 0 Å². The van der Waals surface area contributed by atoms with Crippen molar-refractivity contribution in [3.63, 3.8) is 0 Å². The van der Waals surface area contributed by atoms with E-state index in [0.29, 0.717) is 12.1 Å². The smallest absolute Gasteiger partial charge is 0.140 e. The molecule has 0 aromatic heterocycles. The van der Waals surface area contributed by atoms with Crippen molar-refractivity contribution in [1.82, 2.24) is 0 Å². The van der Waals surface area contributed by atoms with Gasteiger partial charge < -0.3 is 5.73 Å². The van der Waals surface area contributed by atoms with Crippen LogP contribution in [0.5, 0.6) is 0 Å². The highest BCUT2D eigenvalue weighted by molar-refractivity contribution is 5.83. The first-order chi connectivity index (χ1) is 8.72. The standard InChI is InChI=1S/C15H20FNO/c16-14-8-4-2-5-11(14)9-15(18)13-7-3-1-6-12(13)10-17/h2,4-5,8,12-13H,1,3,6-7,9-10,17H2. The van der Waals surface area contributed by atoms with Crippen LogP contribution < -0.4 is 5.73 Å². The summed E-state index contributed by atoms with van der Waals surface area (Å²) in [6, 6.07) is 6.51. The maximum absolute atomic E-state index is 13.5. The van der Waals surface area contributed by atoms with Crippen LogP contribution >= 0.6 is 0 Å². The minimum absolute atomic E-state index is 0.0309. The summed E-state index contributed by atoms with van der Waals surface area (Å²) in [4.78, 5) is 12.3. The lowest BCUT2D eigenvalue weighted by molar-refractivity contribution is -0.124. The summed E-state index contributed by atoms with van der Waals surface area (Å²) in [5, 5.41) is 0. The predicted molar refractivity (Wildman–Crippen MR) is 69.6 cm³/mol. The van der Waals surface area contributed by atoms with Crippen LogP contribution in [0.4, 0.5) is 4.39 Å². The predicted octanol–water partition coefficient (Wildman–Crippen LogP) is 2.70. The number of carbonyl (C=O) groups is 1. The van der Waals surface area contributed by atoms with E-state index in [1.54, 1.807) is 18.2 Å². The SMILES string of the molecule is NCC1CCCCC1C(=O)Cc1ccccc1F. The first-order valence-electron chi connectivity index (χ1n) is 6.68. The van der Waals surface area contributed by atoms with Gasteiger partial charge in [-0.15, -0.1) is 0 Å². The number of hydrogen-bond donors (Lipinski definition) is 1. The Bertz CT molecular complexity index is 419. The Balaban J connectivity index is 2.05. The summed E-state index contributed by atoms with van der Waals surface area (Å²) >= 11 is 0. The summed E-state index contributed by atoms with van der Waals surface area (Å²) in [5.41, 5.74) is 6.23. The highest BCUT2D eigenvalue weighted by atomic mass is 19.1. The number of ketones is 1. The Morgan fingerprint density at radius 3 is 2.72 bits per heavy atom. The third-order valence-corrected chi connectivity index (χ3v) is 3.95. The molecular formula is C15H20FNO. The quantitative estimate of drug-likeness (QED) is 0.891. The Hall–Kier alpha value is -1.22. The van der Waals surface area contributed by atoms with Crippen molar-refractivity contribution in [2.24, 2.45) is 17.6 Å². The molecule has 2 nitrogen and oxygen atoms in total. The molecule has 0 saturated heterocycles. The fraction of sp³-hybridized carbons (Fsp3) is 0.533. The highest BCUT2D eigenvalue weighted by Crippen LogP contribution is 2.30. The molecule has 18 heavy (non-hydrogen) atoms. The van der Waals surface area contributed by atoms with Crippen LogP contribution in [0, 0.1) is 17.7 Å². The van der Waals surface area contributed by atoms with Crippen LogP contribution in [0.3, 0.4) is 0 Å². The van der Waals surface area contributed by atoms with E-state index >= 15 is 0 Å². The Labute approximate surface area is 107 Å². The molecule has 0 heterocycles. The maximum atomic E-state index is 13.5. The van der Waals surface area contributed by atoms with Gasteiger partial charge in [0.05, 0.1) is 0 Å². The molecule has 2 unspecified atom stereocenters. The molecule has 2 N–H and O–H groups in total. The van der Waals surface area contributed by atoms with Crippen LogP contribution in [0.25, 0.3) is 0 Å². The molecule has 1 aliphatic carbocycles. The van der Waals surface area contributed by atoms with Crippen LogP contribution in [-0.4, -0.2) is 12.3 Å². The zero-order chi connectivity index (χ0) is 13.0. The van der Waals surface area contributed by atoms with Crippen molar-refractivity contribution in [2.45, 2.75) is 32.1 Å². The number of Topliss-reactive ketones (excluding diaryl/α,β-unsaturated/α-hetero) is 1. The Morgan fingerprint density at radius 1 is 1.28 bits per heavy atom. The second kappa shape index (κ2) is 6.10. The molecular weight excluding hydrogens is 229 g/mol. The molecule has 1 saturated carbocycles. The number of hydrogen-bond acceptors (Lipinski definition) is 2. The van der Waals surface area contributed by atoms with E-state index < -0.39 is 0 Å². The highest BCUT2D eigenvalue weighted by Gasteiger charge is 2.29. The number of halogens is 1. The molecule has 1 fully saturated rings. The van der Waals surface area contributed by atoms with Gasteiger partial charge >= 0.3 is 0 Å². The van der Waals surface area contributed by atoms with E-state index in [0.717, 1.165) is 25.7 Å². The van der Waals surface area contributed by atoms with Crippen molar-refractivity contribution >= 4 is 5.78 Å². The van der Waals surface area contributed by atoms with Gasteiger partial charge in [0.1, 0.15) is 11.6 Å². The molecule has 0 spiro atoms. The van der Waals surface area contributed by atoms with Gasteiger partial charge in [-0.2, -0.15) is 0 Å². The number of nitrogens with two attached hydrogens (primary N) is 1. The summed E-state index contributed by atoms with van der Waals surface area (Å²) in [6.45, 7) is 0.563. The summed E-state index contributed by atoms with van der Waals surface area (Å²) in [6.07, 6.45) is 4.39. The largest absolute Gasteiger partial charge is 0.330 e. The van der Waals surface area contributed by atoms with Crippen LogP contribution in [0.2, 0.25) is 0 Å². The van der Waals surface area contributed by atoms with Gasteiger partial charge in [0.15, 0.2) is 0 Å². The molecule has 3 heteroatoms. The molecule has 2 atom stereocenters. The van der Waals surface area contributed by atoms with Gasteiger partial charge in [-0.05, 0) is 36.9 Å². The van der Waals surface area contributed by atoms with Crippen LogP contribution in [-0.2, 0) is 11.2 Å². The lowest BCUT2D eigenvalue weighted by Crippen LogP contribution is -2.33. The molecule has 0 bridgehead atoms. The van der Waals surface area contributed by atoms with Crippen LogP contribution in [0.15, 0.2) is 24.3 Å². The molecule has 98 valence electrons. The summed E-state index contributed by atoms with van der Waals surface area (Å²) in [7, 11) is 0. The molecule has 1 aliphatic rings. The normalized spacial score (nSPS) is 23.9. The Kier molecular flexibility index (Phi) is 4.48. The van der Waals surface area contributed by atoms with E-state index in [1.807, 2.05) is 0 Å². The van der Waals surface area contributed by atoms with Gasteiger partial charge in [0.25, 0.3) is 0 Å². The second-order valence-electron chi connectivity index (χ2n) is 5.12. The fourth-order valence-corrected chi connectivity index (χ4v) is 2.87. The average Bonchev–Trinajstić information content (AvgIpc) is 2.41. The number of rotatable bonds is 4. The van der Waals surface area contributed by atoms with Gasteiger partial charge in [0.2, 0.25) is 0 Å². The second-order valence-corrected chi connectivity index (χ2v) is 5.12. The minimum Gasteiger partial charge on any atom is -0.330 e. The average molecular weight is 249 g/mol. The monoisotopic (exact) mass is 249 g/mol. The number of benzene rings is 1. The van der Waals surface area contributed by atoms with E-state index in [-0.39, 0.29) is 29.9 Å². The molecule has 2 rings (SSSR count). The first-order valence-corrected chi connectivity index (χ1v) is 6.68. The van der Waals surface area contributed by atoms with Gasteiger partial charge in [-0.3, -0.25) is 4.79 Å². The molecule has 1 aromatic rings. The fourth-order valence-electron chi connectivity index (χ4n) is 2.87. The summed E-state index contributed by atoms with van der Waals surface area (Å²) in [5.74, 6) is 0.183. The lowest BCUT2D eigenvalue weighted by atomic mass is 9.76. The summed E-state index contributed by atoms with van der Waals surface area (Å²) < 4.78 is 13.5. The molecule has 0 radical (unpaired) electrons. The van der Waals surface area contributed by atoms with E-state index in [2.05, 4.69) is 0 Å². The van der Waals surface area contributed by atoms with Crippen molar-refractivity contribution < 1.29 is 9.18 Å². The maximum Gasteiger partial charge on any atom is 0.140 e. The minimum atomic E-state index is -0.286. The van der Waals surface area contributed by atoms with Gasteiger partial charge in [-0.1, -0.05) is 31.0 Å². The van der Waals surface area contributed by atoms with E-state index in [4.69, 9.17) is 5.73 Å². The van der Waals surface area contributed by atoms with Crippen molar-refractivity contribution in [2.75, 3.05) is 6.54 Å². The molecule has 0 aliphatic heterocycles. The van der Waals surface area contributed by atoms with E-state index in [9.17, 15) is 9.18 Å². The van der Waals surface area contributed by atoms with Crippen LogP contribution in [0.1, 0.15) is 31.2 Å². The zero-order valence-electron chi connectivity index (χ0n) is 10.6. The lowest BCUT2D eigenvalue weighted by Gasteiger charge is -2.29. The molecule has 0 amide bonds. The third kappa shape index (κ3) is 2.96. The third-order valence-electron chi connectivity index (χ3n) is 3.95. The van der Waals surface area contributed by atoms with Gasteiger partial charge in [-0.25, -0.2) is 4.39 Å². The van der Waals surface area contributed by atoms with Gasteiger partial charge in [0, 0.05) is 12.3 Å². The van der Waals surface area contributed by atoms with E-state index in [1.165, 1.54) is 6.07 Å². The van der Waals surface area contributed by atoms with Crippen molar-refractivity contribution in [1.29, 1.82) is 0 Å². The van der Waals surface area contributed by atoms with Crippen molar-refractivity contribution in [3.05, 3.63) is 35.6 Å². The first kappa shape index (κ1) is 13.2. The zero-order valence-corrected chi connectivity index (χ0v) is 10.6. The molecule has 1 aromatic carbocycles.